The van der Waals surface area contributed by atoms with E-state index in [0.29, 0.717) is 29.5 Å². The van der Waals surface area contributed by atoms with E-state index >= 15 is 0 Å². The van der Waals surface area contributed by atoms with E-state index in [0.717, 1.165) is 31.5 Å². The van der Waals surface area contributed by atoms with Crippen LogP contribution < -0.4 is 4.31 Å². The van der Waals surface area contributed by atoms with Gasteiger partial charge >= 0.3 is 6.43 Å². The van der Waals surface area contributed by atoms with Gasteiger partial charge in [0.25, 0.3) is 5.89 Å². The number of sulfonamides is 1. The van der Waals surface area contributed by atoms with Crippen molar-refractivity contribution in [3.63, 3.8) is 0 Å². The zero-order chi connectivity index (χ0) is 27.4. The molecule has 3 heterocycles. The molecule has 0 aliphatic carbocycles. The monoisotopic (exact) mass is 558 g/mol. The second kappa shape index (κ2) is 11.6. The van der Waals surface area contributed by atoms with Crippen LogP contribution in [0.5, 0.6) is 0 Å². The smallest absolute Gasteiger partial charge is 0.314 e. The molecule has 2 aromatic carbocycles. The van der Waals surface area contributed by atoms with Crippen LogP contribution in [0, 0.1) is 6.92 Å². The molecule has 4 aromatic rings. The number of aromatic nitrogens is 4. The van der Waals surface area contributed by atoms with Crippen LogP contribution in [-0.4, -0.2) is 59.0 Å². The highest BCUT2D eigenvalue weighted by molar-refractivity contribution is 7.92. The highest BCUT2D eigenvalue weighted by Crippen LogP contribution is 2.28. The molecule has 0 spiro atoms. The maximum absolute atomic E-state index is 13.6. The Morgan fingerprint density at radius 2 is 1.77 bits per heavy atom. The van der Waals surface area contributed by atoms with Gasteiger partial charge < -0.3 is 13.8 Å². The van der Waals surface area contributed by atoms with Crippen molar-refractivity contribution in [1.29, 1.82) is 0 Å². The number of hydrogen-bond acceptors (Lipinski definition) is 9. The lowest BCUT2D eigenvalue weighted by Crippen LogP contribution is -2.40. The van der Waals surface area contributed by atoms with Gasteiger partial charge in [0.2, 0.25) is 21.8 Å². The van der Waals surface area contributed by atoms with Crippen LogP contribution >= 0.6 is 0 Å². The van der Waals surface area contributed by atoms with Crippen LogP contribution in [-0.2, 0) is 16.6 Å². The quantitative estimate of drug-likeness (QED) is 0.275. The number of nitrogens with zero attached hydrogens (tertiary/aromatic N) is 6. The molecule has 0 radical (unpaired) electrons. The maximum Gasteiger partial charge on any atom is 0.314 e. The largest absolute Gasteiger partial charge is 0.415 e. The number of aryl methyl sites for hydroxylation is 1. The van der Waals surface area contributed by atoms with Crippen LogP contribution in [0.1, 0.15) is 48.4 Å². The van der Waals surface area contributed by atoms with Crippen LogP contribution in [0.3, 0.4) is 0 Å². The third-order valence-electron chi connectivity index (χ3n) is 6.68. The van der Waals surface area contributed by atoms with Gasteiger partial charge in [0.1, 0.15) is 0 Å². The summed E-state index contributed by atoms with van der Waals surface area (Å²) in [5.41, 5.74) is 1.74. The molecule has 206 valence electrons. The van der Waals surface area contributed by atoms with Gasteiger partial charge in [0, 0.05) is 18.0 Å². The van der Waals surface area contributed by atoms with Crippen molar-refractivity contribution >= 4 is 15.7 Å². The molecule has 0 bridgehead atoms. The fraction of sp³-hybridized carbons (Fsp3) is 0.385. The normalized spacial score (nSPS) is 15.2. The van der Waals surface area contributed by atoms with Crippen LogP contribution in [0.25, 0.3) is 11.5 Å². The van der Waals surface area contributed by atoms with Crippen molar-refractivity contribution in [1.82, 2.24) is 25.2 Å². The Kier molecular flexibility index (Phi) is 7.98. The van der Waals surface area contributed by atoms with Crippen molar-refractivity contribution < 1.29 is 26.1 Å². The molecule has 13 heteroatoms. The van der Waals surface area contributed by atoms with E-state index in [4.69, 9.17) is 8.94 Å². The number of alkyl halides is 2. The second-order valence-electron chi connectivity index (χ2n) is 9.40. The number of para-hydroxylation sites is 1. The number of anilines is 1. The number of hydrogen-bond donors (Lipinski definition) is 0. The number of rotatable bonds is 10. The molecule has 0 N–H and O–H groups in total. The zero-order valence-electron chi connectivity index (χ0n) is 21.3. The number of benzene rings is 2. The average molecular weight is 559 g/mol. The summed E-state index contributed by atoms with van der Waals surface area (Å²) in [6.45, 7) is 3.80. The van der Waals surface area contributed by atoms with E-state index < -0.39 is 22.3 Å². The van der Waals surface area contributed by atoms with Gasteiger partial charge in [0.15, 0.2) is 5.82 Å². The van der Waals surface area contributed by atoms with E-state index in [2.05, 4.69) is 25.2 Å². The Hall–Kier alpha value is -3.71. The topological polar surface area (TPSA) is 118 Å². The summed E-state index contributed by atoms with van der Waals surface area (Å²) in [6, 6.07) is 15.7. The summed E-state index contributed by atoms with van der Waals surface area (Å²) in [5, 5.41) is 10.9. The lowest BCUT2D eigenvalue weighted by molar-refractivity contribution is 0.116. The standard InChI is InChI=1S/C26H28F2N6O4S/c1-18-29-24(38-32-18)21-11-13-33(14-12-21)15-16-39(35,36)34(22-5-3-2-4-6-22)17-19-7-9-20(10-8-19)25-30-31-26(37-25)23(27)28/h2-10,21,23H,11-17H2,1H3. The summed E-state index contributed by atoms with van der Waals surface area (Å²) in [7, 11) is -3.68. The van der Waals surface area contributed by atoms with Gasteiger partial charge in [0.05, 0.1) is 18.0 Å². The van der Waals surface area contributed by atoms with E-state index in [-0.39, 0.29) is 24.1 Å². The summed E-state index contributed by atoms with van der Waals surface area (Å²) in [4.78, 5) is 6.48. The lowest BCUT2D eigenvalue weighted by Gasteiger charge is -2.31. The molecular formula is C26H28F2N6O4S. The molecule has 0 saturated carbocycles. The van der Waals surface area contributed by atoms with Gasteiger partial charge in [-0.05, 0) is 62.7 Å². The van der Waals surface area contributed by atoms with Crippen molar-refractivity contribution in [2.45, 2.75) is 38.7 Å². The zero-order valence-corrected chi connectivity index (χ0v) is 22.1. The van der Waals surface area contributed by atoms with Crippen molar-refractivity contribution in [3.05, 3.63) is 77.8 Å². The van der Waals surface area contributed by atoms with Gasteiger partial charge in [-0.1, -0.05) is 35.5 Å². The predicted molar refractivity (Wildman–Crippen MR) is 139 cm³/mol. The third-order valence-corrected chi connectivity index (χ3v) is 8.39. The Bertz CT molecular complexity index is 1470. The first-order valence-electron chi connectivity index (χ1n) is 12.6. The van der Waals surface area contributed by atoms with Gasteiger partial charge in [-0.15, -0.1) is 10.2 Å². The summed E-state index contributed by atoms with van der Waals surface area (Å²) in [6.07, 6.45) is -1.19. The minimum atomic E-state index is -3.68. The van der Waals surface area contributed by atoms with Crippen molar-refractivity contribution in [2.75, 3.05) is 29.7 Å². The first-order chi connectivity index (χ1) is 18.8. The van der Waals surface area contributed by atoms with Crippen LogP contribution in [0.2, 0.25) is 0 Å². The van der Waals surface area contributed by atoms with E-state index in [1.54, 1.807) is 55.5 Å². The number of halogens is 2. The Morgan fingerprint density at radius 3 is 2.38 bits per heavy atom. The molecular weight excluding hydrogens is 530 g/mol. The Morgan fingerprint density at radius 1 is 1.05 bits per heavy atom. The summed E-state index contributed by atoms with van der Waals surface area (Å²) in [5.74, 6) is 0.644. The average Bonchev–Trinajstić information content (AvgIpc) is 3.62. The molecule has 0 amide bonds. The number of likely N-dealkylation sites (tertiary alicyclic amines) is 1. The maximum atomic E-state index is 13.6. The first kappa shape index (κ1) is 26.9. The van der Waals surface area contributed by atoms with Crippen LogP contribution in [0.15, 0.2) is 63.5 Å². The van der Waals surface area contributed by atoms with Crippen LogP contribution in [0.4, 0.5) is 14.5 Å². The first-order valence-corrected chi connectivity index (χ1v) is 14.2. The van der Waals surface area contributed by atoms with E-state index in [9.17, 15) is 17.2 Å². The second-order valence-corrected chi connectivity index (χ2v) is 11.4. The molecule has 2 aromatic heterocycles. The van der Waals surface area contributed by atoms with E-state index in [1.807, 2.05) is 6.07 Å². The van der Waals surface area contributed by atoms with Gasteiger partial charge in [-0.3, -0.25) is 4.31 Å². The molecule has 0 atom stereocenters. The van der Waals surface area contributed by atoms with E-state index in [1.165, 1.54) is 4.31 Å². The summed E-state index contributed by atoms with van der Waals surface area (Å²) >= 11 is 0. The molecule has 1 aliphatic rings. The molecule has 39 heavy (non-hydrogen) atoms. The minimum Gasteiger partial charge on any atom is -0.415 e. The van der Waals surface area contributed by atoms with Gasteiger partial charge in [-0.2, -0.15) is 13.8 Å². The Balaban J connectivity index is 1.25. The number of piperidine rings is 1. The highest BCUT2D eigenvalue weighted by atomic mass is 32.2. The van der Waals surface area contributed by atoms with Crippen molar-refractivity contribution in [2.24, 2.45) is 0 Å². The summed E-state index contributed by atoms with van der Waals surface area (Å²) < 4.78 is 64.4. The Labute approximate surface area is 224 Å². The highest BCUT2D eigenvalue weighted by Gasteiger charge is 2.28. The fourth-order valence-corrected chi connectivity index (χ4v) is 6.04. The molecule has 5 rings (SSSR count). The van der Waals surface area contributed by atoms with Crippen molar-refractivity contribution in [3.8, 4) is 11.5 Å². The third kappa shape index (κ3) is 6.48. The molecule has 1 fully saturated rings. The lowest BCUT2D eigenvalue weighted by atomic mass is 9.97. The molecule has 0 unspecified atom stereocenters. The molecule has 10 nitrogen and oxygen atoms in total. The fourth-order valence-electron chi connectivity index (χ4n) is 4.54. The molecule has 1 aliphatic heterocycles. The predicted octanol–water partition coefficient (Wildman–Crippen LogP) is 4.58. The minimum absolute atomic E-state index is 0.0256. The molecule has 1 saturated heterocycles. The van der Waals surface area contributed by atoms with Gasteiger partial charge in [-0.25, -0.2) is 8.42 Å². The SMILES string of the molecule is Cc1noc(C2CCN(CCS(=O)(=O)N(Cc3ccc(-c4nnc(C(F)F)o4)cc3)c3ccccc3)CC2)n1.